The summed E-state index contributed by atoms with van der Waals surface area (Å²) in [6.07, 6.45) is 1.22. The van der Waals surface area contributed by atoms with Crippen molar-refractivity contribution in [3.8, 4) is 5.75 Å². The first kappa shape index (κ1) is 9.53. The van der Waals surface area contributed by atoms with E-state index >= 15 is 0 Å². The van der Waals surface area contributed by atoms with E-state index in [2.05, 4.69) is 31.3 Å². The molecule has 1 atom stereocenters. The van der Waals surface area contributed by atoms with E-state index in [9.17, 15) is 0 Å². The zero-order valence-corrected chi connectivity index (χ0v) is 9.05. The Labute approximate surface area is 85.3 Å². The molecule has 1 fully saturated rings. The minimum Gasteiger partial charge on any atom is -0.496 e. The number of rotatable bonds is 2. The monoisotopic (exact) mass is 191 g/mol. The normalized spacial score (nSPS) is 20.4. The topological polar surface area (TPSA) is 21.3 Å². The summed E-state index contributed by atoms with van der Waals surface area (Å²) >= 11 is 0. The SMILES string of the molecule is COc1cc(C)c(C)cc1[C@@H]1CCN1. The molecule has 14 heavy (non-hydrogen) atoms. The van der Waals surface area contributed by atoms with Crippen LogP contribution in [0, 0.1) is 13.8 Å². The van der Waals surface area contributed by atoms with Crippen LogP contribution in [0.2, 0.25) is 0 Å². The second-order valence-corrected chi connectivity index (χ2v) is 3.97. The average molecular weight is 191 g/mol. The fraction of sp³-hybridized carbons (Fsp3) is 0.500. The van der Waals surface area contributed by atoms with Crippen LogP contribution in [0.15, 0.2) is 12.1 Å². The van der Waals surface area contributed by atoms with Crippen LogP contribution < -0.4 is 10.1 Å². The van der Waals surface area contributed by atoms with Gasteiger partial charge in [-0.2, -0.15) is 0 Å². The molecule has 1 heterocycles. The second kappa shape index (κ2) is 3.62. The summed E-state index contributed by atoms with van der Waals surface area (Å²) in [5, 5.41) is 3.40. The molecule has 0 aromatic heterocycles. The van der Waals surface area contributed by atoms with E-state index in [0.717, 1.165) is 12.3 Å². The maximum atomic E-state index is 5.40. The van der Waals surface area contributed by atoms with Gasteiger partial charge in [0, 0.05) is 11.6 Å². The lowest BCUT2D eigenvalue weighted by Crippen LogP contribution is -2.35. The minimum absolute atomic E-state index is 0.504. The quantitative estimate of drug-likeness (QED) is 0.774. The van der Waals surface area contributed by atoms with Crippen LogP contribution in [0.5, 0.6) is 5.75 Å². The summed E-state index contributed by atoms with van der Waals surface area (Å²) in [4.78, 5) is 0. The molecule has 76 valence electrons. The third kappa shape index (κ3) is 1.50. The number of benzene rings is 1. The van der Waals surface area contributed by atoms with Gasteiger partial charge in [-0.25, -0.2) is 0 Å². The fourth-order valence-corrected chi connectivity index (χ4v) is 1.82. The Balaban J connectivity index is 2.40. The lowest BCUT2D eigenvalue weighted by Gasteiger charge is -2.29. The smallest absolute Gasteiger partial charge is 0.123 e. The Morgan fingerprint density at radius 3 is 2.43 bits per heavy atom. The van der Waals surface area contributed by atoms with Crippen LogP contribution in [0.3, 0.4) is 0 Å². The van der Waals surface area contributed by atoms with Crippen LogP contribution in [0.1, 0.15) is 29.2 Å². The van der Waals surface area contributed by atoms with E-state index in [1.807, 2.05) is 0 Å². The first-order valence-electron chi connectivity index (χ1n) is 5.11. The second-order valence-electron chi connectivity index (χ2n) is 3.97. The van der Waals surface area contributed by atoms with Crippen molar-refractivity contribution in [3.05, 3.63) is 28.8 Å². The first-order valence-corrected chi connectivity index (χ1v) is 5.11. The van der Waals surface area contributed by atoms with Crippen LogP contribution in [0.4, 0.5) is 0 Å². The lowest BCUT2D eigenvalue weighted by atomic mass is 9.94. The van der Waals surface area contributed by atoms with Crippen molar-refractivity contribution >= 4 is 0 Å². The molecule has 2 rings (SSSR count). The number of aryl methyl sites for hydroxylation is 2. The van der Waals surface area contributed by atoms with Gasteiger partial charge in [-0.3, -0.25) is 0 Å². The van der Waals surface area contributed by atoms with Gasteiger partial charge in [0.1, 0.15) is 5.75 Å². The van der Waals surface area contributed by atoms with E-state index in [-0.39, 0.29) is 0 Å². The predicted octanol–water partition coefficient (Wildman–Crippen LogP) is 2.35. The maximum Gasteiger partial charge on any atom is 0.123 e. The van der Waals surface area contributed by atoms with Gasteiger partial charge in [-0.05, 0) is 44.0 Å². The summed E-state index contributed by atoms with van der Waals surface area (Å²) < 4.78 is 5.40. The molecule has 0 bridgehead atoms. The third-order valence-electron chi connectivity index (χ3n) is 3.05. The number of hydrogen-bond donors (Lipinski definition) is 1. The van der Waals surface area contributed by atoms with Crippen molar-refractivity contribution < 1.29 is 4.74 Å². The van der Waals surface area contributed by atoms with Crippen molar-refractivity contribution in [2.24, 2.45) is 0 Å². The van der Waals surface area contributed by atoms with E-state index in [1.54, 1.807) is 7.11 Å². The van der Waals surface area contributed by atoms with Gasteiger partial charge >= 0.3 is 0 Å². The Hall–Kier alpha value is -1.02. The van der Waals surface area contributed by atoms with Gasteiger partial charge in [0.05, 0.1) is 7.11 Å². The third-order valence-corrected chi connectivity index (χ3v) is 3.05. The van der Waals surface area contributed by atoms with Crippen molar-refractivity contribution in [1.29, 1.82) is 0 Å². The molecule has 0 radical (unpaired) electrons. The molecule has 1 saturated heterocycles. The molecule has 0 unspecified atom stereocenters. The van der Waals surface area contributed by atoms with E-state index in [4.69, 9.17) is 4.74 Å². The molecule has 1 aliphatic heterocycles. The van der Waals surface area contributed by atoms with Gasteiger partial charge in [-0.15, -0.1) is 0 Å². The molecule has 0 spiro atoms. The van der Waals surface area contributed by atoms with Crippen molar-refractivity contribution in [2.75, 3.05) is 13.7 Å². The standard InChI is InChI=1S/C12H17NO/c1-8-6-10(11-4-5-13-11)12(14-3)7-9(8)2/h6-7,11,13H,4-5H2,1-3H3/t11-/m0/s1. The Morgan fingerprint density at radius 1 is 1.29 bits per heavy atom. The van der Waals surface area contributed by atoms with Crippen LogP contribution >= 0.6 is 0 Å². The molecule has 1 aliphatic rings. The predicted molar refractivity (Wildman–Crippen MR) is 57.8 cm³/mol. The van der Waals surface area contributed by atoms with E-state index in [1.165, 1.54) is 23.1 Å². The van der Waals surface area contributed by atoms with E-state index in [0.29, 0.717) is 6.04 Å². The van der Waals surface area contributed by atoms with Gasteiger partial charge in [0.25, 0.3) is 0 Å². The molecule has 1 aromatic rings. The molecular formula is C12H17NO. The molecule has 0 aliphatic carbocycles. The zero-order valence-electron chi connectivity index (χ0n) is 9.05. The van der Waals surface area contributed by atoms with Gasteiger partial charge in [0.15, 0.2) is 0 Å². The highest BCUT2D eigenvalue weighted by molar-refractivity contribution is 5.44. The van der Waals surface area contributed by atoms with E-state index < -0.39 is 0 Å². The molecule has 0 amide bonds. The molecular weight excluding hydrogens is 174 g/mol. The van der Waals surface area contributed by atoms with Crippen molar-refractivity contribution in [1.82, 2.24) is 5.32 Å². The average Bonchev–Trinajstić information content (AvgIpc) is 2.08. The Morgan fingerprint density at radius 2 is 1.93 bits per heavy atom. The molecule has 2 heteroatoms. The number of methoxy groups -OCH3 is 1. The number of ether oxygens (including phenoxy) is 1. The summed E-state index contributed by atoms with van der Waals surface area (Å²) in [6, 6.07) is 4.87. The summed E-state index contributed by atoms with van der Waals surface area (Å²) in [7, 11) is 1.74. The molecule has 2 nitrogen and oxygen atoms in total. The van der Waals surface area contributed by atoms with Crippen LogP contribution in [-0.2, 0) is 0 Å². The highest BCUT2D eigenvalue weighted by Crippen LogP contribution is 2.32. The van der Waals surface area contributed by atoms with Crippen molar-refractivity contribution in [2.45, 2.75) is 26.3 Å². The molecule has 1 aromatic carbocycles. The highest BCUT2D eigenvalue weighted by Gasteiger charge is 2.22. The molecule has 0 saturated carbocycles. The van der Waals surface area contributed by atoms with Crippen molar-refractivity contribution in [3.63, 3.8) is 0 Å². The largest absolute Gasteiger partial charge is 0.496 e. The Bertz CT molecular complexity index is 342. The number of hydrogen-bond acceptors (Lipinski definition) is 2. The van der Waals surface area contributed by atoms with Crippen LogP contribution in [-0.4, -0.2) is 13.7 Å². The zero-order chi connectivity index (χ0) is 10.1. The summed E-state index contributed by atoms with van der Waals surface area (Å²) in [6.45, 7) is 5.40. The summed E-state index contributed by atoms with van der Waals surface area (Å²) in [5.74, 6) is 1.02. The van der Waals surface area contributed by atoms with Gasteiger partial charge in [0.2, 0.25) is 0 Å². The highest BCUT2D eigenvalue weighted by atomic mass is 16.5. The van der Waals surface area contributed by atoms with Gasteiger partial charge < -0.3 is 10.1 Å². The number of nitrogens with one attached hydrogen (secondary N) is 1. The van der Waals surface area contributed by atoms with Crippen LogP contribution in [0.25, 0.3) is 0 Å². The minimum atomic E-state index is 0.504. The maximum absolute atomic E-state index is 5.40. The van der Waals surface area contributed by atoms with Gasteiger partial charge in [-0.1, -0.05) is 6.07 Å². The Kier molecular flexibility index (Phi) is 2.46. The lowest BCUT2D eigenvalue weighted by molar-refractivity contribution is 0.353. The fourth-order valence-electron chi connectivity index (χ4n) is 1.82. The summed E-state index contributed by atoms with van der Waals surface area (Å²) in [5.41, 5.74) is 3.95. The first-order chi connectivity index (χ1) is 6.72. The molecule has 1 N–H and O–H groups in total.